The summed E-state index contributed by atoms with van der Waals surface area (Å²) in [7, 11) is 3.26. The van der Waals surface area contributed by atoms with Gasteiger partial charge in [-0.3, -0.25) is 9.59 Å². The fourth-order valence-corrected chi connectivity index (χ4v) is 11.9. The van der Waals surface area contributed by atoms with Gasteiger partial charge in [-0.05, 0) is 80.3 Å². The van der Waals surface area contributed by atoms with Gasteiger partial charge in [-0.1, -0.05) is 0 Å². The number of hydrogen-bond donors (Lipinski definition) is 3. The lowest BCUT2D eigenvalue weighted by atomic mass is 9.86. The van der Waals surface area contributed by atoms with E-state index in [1.54, 1.807) is 64.6 Å². The number of carboxylic acid groups (broad SMARTS) is 1. The average Bonchev–Trinajstić information content (AvgIpc) is 4.16. The van der Waals surface area contributed by atoms with Gasteiger partial charge in [0.05, 0.1) is 84.5 Å². The van der Waals surface area contributed by atoms with Gasteiger partial charge in [0.1, 0.15) is 34.0 Å². The summed E-state index contributed by atoms with van der Waals surface area (Å²) in [5, 5.41) is 26.8. The van der Waals surface area contributed by atoms with Crippen LogP contribution < -0.4 is 20.1 Å². The number of nitrogens with zero attached hydrogens (tertiary/aromatic N) is 9. The third-order valence-corrected chi connectivity index (χ3v) is 14.8. The van der Waals surface area contributed by atoms with Crippen molar-refractivity contribution in [2.45, 2.75) is 57.1 Å². The summed E-state index contributed by atoms with van der Waals surface area (Å²) in [6.45, 7) is 1.44. The van der Waals surface area contributed by atoms with E-state index in [2.05, 4.69) is 45.7 Å². The van der Waals surface area contributed by atoms with Gasteiger partial charge < -0.3 is 34.9 Å². The number of anilines is 4. The van der Waals surface area contributed by atoms with E-state index in [1.807, 2.05) is 36.7 Å². The van der Waals surface area contributed by atoms with Crippen molar-refractivity contribution in [1.29, 1.82) is 0 Å². The van der Waals surface area contributed by atoms with Crippen LogP contribution in [0.4, 0.5) is 23.0 Å². The highest BCUT2D eigenvalue weighted by atomic mass is 32.1. The highest BCUT2D eigenvalue weighted by molar-refractivity contribution is 7.19. The normalized spacial score (nSPS) is 20.3. The number of aliphatic carboxylic acids is 1. The smallest absolute Gasteiger partial charge is 0.306 e. The zero-order valence-corrected chi connectivity index (χ0v) is 35.4. The number of ether oxygens (including phenoxy) is 3. The minimum Gasteiger partial charge on any atom is -0.493 e. The molecule has 0 aromatic carbocycles. The van der Waals surface area contributed by atoms with E-state index in [0.717, 1.165) is 91.3 Å². The largest absolute Gasteiger partial charge is 0.493 e. The molecule has 1 amide bonds. The molecule has 3 N–H and O–H groups in total. The van der Waals surface area contributed by atoms with Gasteiger partial charge in [-0.25, -0.2) is 29.0 Å². The monoisotopic (exact) mass is 871 g/mol. The van der Waals surface area contributed by atoms with E-state index >= 15 is 0 Å². The Morgan fingerprint density at radius 2 is 1.34 bits per heavy atom. The Bertz CT molecular complexity index is 3050. The summed E-state index contributed by atoms with van der Waals surface area (Å²) in [5.41, 5.74) is 5.93. The topological polar surface area (TPSA) is 196 Å². The van der Waals surface area contributed by atoms with Crippen LogP contribution in [0, 0.1) is 11.8 Å². The molecule has 12 rings (SSSR count). The number of aromatic nitrogens is 8. The zero-order chi connectivity index (χ0) is 42.1. The van der Waals surface area contributed by atoms with Crippen LogP contribution in [0.3, 0.4) is 0 Å². The quantitative estimate of drug-likeness (QED) is 0.150. The second kappa shape index (κ2) is 15.5. The number of likely N-dealkylation sites (tertiary alicyclic amines) is 1. The first-order valence-corrected chi connectivity index (χ1v) is 22.2. The van der Waals surface area contributed by atoms with Crippen molar-refractivity contribution in [2.24, 2.45) is 11.8 Å². The SMILES string of the molecule is COc1cn2nccc2cc1Nc1ncnc2sc3c(c12)CC[C@H](C(=O)N1C[C@H]2C[C@@H]1CO2)C3.COc1cn2nccc2cc1Nc1ncnc2sc3c(c12)CC[C@H](C(=O)O)C3. The summed E-state index contributed by atoms with van der Waals surface area (Å²) >= 11 is 3.25. The number of fused-ring (bicyclic) bond motifs is 10. The van der Waals surface area contributed by atoms with E-state index in [1.165, 1.54) is 16.8 Å². The first-order valence-electron chi connectivity index (χ1n) is 20.5. The predicted octanol–water partition coefficient (Wildman–Crippen LogP) is 6.48. The van der Waals surface area contributed by atoms with Crippen molar-refractivity contribution in [3.05, 3.63) is 82.6 Å². The highest BCUT2D eigenvalue weighted by Gasteiger charge is 2.44. The maximum absolute atomic E-state index is 13.3. The molecule has 0 saturated carbocycles. The van der Waals surface area contributed by atoms with Crippen molar-refractivity contribution in [3.63, 3.8) is 0 Å². The molecular formula is C43H41N11O6S2. The Morgan fingerprint density at radius 1 is 0.790 bits per heavy atom. The number of amides is 1. The number of carbonyl (C=O) groups excluding carboxylic acids is 1. The number of morpholine rings is 1. The van der Waals surface area contributed by atoms with Crippen molar-refractivity contribution in [3.8, 4) is 11.5 Å². The molecule has 2 bridgehead atoms. The van der Waals surface area contributed by atoms with Gasteiger partial charge in [0.15, 0.2) is 11.5 Å². The zero-order valence-electron chi connectivity index (χ0n) is 33.8. The number of hydrogen-bond acceptors (Lipinski definition) is 15. The molecule has 4 aliphatic rings. The summed E-state index contributed by atoms with van der Waals surface area (Å²) in [5.74, 6) is 2.08. The number of rotatable bonds is 8. The van der Waals surface area contributed by atoms with Crippen LogP contribution in [0.2, 0.25) is 0 Å². The highest BCUT2D eigenvalue weighted by Crippen LogP contribution is 2.44. The lowest BCUT2D eigenvalue weighted by Crippen LogP contribution is -2.45. The van der Waals surface area contributed by atoms with E-state index in [9.17, 15) is 14.7 Å². The average molecular weight is 872 g/mol. The van der Waals surface area contributed by atoms with Crippen molar-refractivity contribution < 1.29 is 28.9 Å². The molecule has 2 fully saturated rings. The number of aryl methyl sites for hydroxylation is 2. The van der Waals surface area contributed by atoms with E-state index in [-0.39, 0.29) is 24.0 Å². The predicted molar refractivity (Wildman–Crippen MR) is 233 cm³/mol. The van der Waals surface area contributed by atoms with Crippen LogP contribution in [0.1, 0.15) is 40.1 Å². The Balaban J connectivity index is 0.000000142. The molecule has 17 nitrogen and oxygen atoms in total. The summed E-state index contributed by atoms with van der Waals surface area (Å²) in [6, 6.07) is 8.09. The van der Waals surface area contributed by atoms with Crippen molar-refractivity contribution in [2.75, 3.05) is 38.0 Å². The van der Waals surface area contributed by atoms with Gasteiger partial charge >= 0.3 is 5.97 Å². The fraction of sp³-hybridized carbons (Fsp3) is 0.349. The Morgan fingerprint density at radius 3 is 1.84 bits per heavy atom. The molecule has 4 atom stereocenters. The lowest BCUT2D eigenvalue weighted by molar-refractivity contribution is -0.142. The molecule has 2 saturated heterocycles. The van der Waals surface area contributed by atoms with Crippen LogP contribution in [-0.4, -0.2) is 101 Å². The van der Waals surface area contributed by atoms with Gasteiger partial charge in [-0.2, -0.15) is 10.2 Å². The van der Waals surface area contributed by atoms with Crippen molar-refractivity contribution in [1.82, 2.24) is 44.1 Å². The number of nitrogens with one attached hydrogen (secondary N) is 2. The molecule has 2 aliphatic heterocycles. The summed E-state index contributed by atoms with van der Waals surface area (Å²) < 4.78 is 20.3. The molecular weight excluding hydrogens is 831 g/mol. The first kappa shape index (κ1) is 38.5. The van der Waals surface area contributed by atoms with E-state index in [4.69, 9.17) is 14.2 Å². The number of methoxy groups -OCH3 is 2. The molecule has 19 heteroatoms. The third kappa shape index (κ3) is 6.70. The maximum Gasteiger partial charge on any atom is 0.306 e. The van der Waals surface area contributed by atoms with Crippen molar-refractivity contribution >= 4 is 89.0 Å². The van der Waals surface area contributed by atoms with Gasteiger partial charge in [0.25, 0.3) is 0 Å². The molecule has 62 heavy (non-hydrogen) atoms. The minimum absolute atomic E-state index is 0.0358. The summed E-state index contributed by atoms with van der Waals surface area (Å²) in [4.78, 5) is 49.0. The van der Waals surface area contributed by atoms with Crippen LogP contribution in [0.5, 0.6) is 11.5 Å². The fourth-order valence-electron chi connectivity index (χ4n) is 9.40. The molecule has 10 heterocycles. The number of pyridine rings is 2. The second-order valence-electron chi connectivity index (χ2n) is 16.0. The Kier molecular flexibility index (Phi) is 9.61. The molecule has 8 aromatic rings. The molecule has 8 aromatic heterocycles. The second-order valence-corrected chi connectivity index (χ2v) is 18.2. The molecule has 0 spiro atoms. The molecule has 0 unspecified atom stereocenters. The van der Waals surface area contributed by atoms with E-state index < -0.39 is 5.97 Å². The van der Waals surface area contributed by atoms with Crippen LogP contribution in [0.15, 0.2) is 61.7 Å². The number of thiophene rings is 2. The summed E-state index contributed by atoms with van der Waals surface area (Å²) in [6.07, 6.45) is 15.9. The Hall–Kier alpha value is -6.44. The van der Waals surface area contributed by atoms with Gasteiger partial charge in [0, 0.05) is 34.6 Å². The number of carboxylic acids is 1. The number of carbonyl (C=O) groups is 2. The van der Waals surface area contributed by atoms with E-state index in [0.29, 0.717) is 49.1 Å². The lowest BCUT2D eigenvalue weighted by Gasteiger charge is -2.32. The van der Waals surface area contributed by atoms with Crippen LogP contribution in [-0.2, 0) is 40.0 Å². The van der Waals surface area contributed by atoms with Crippen LogP contribution in [0.25, 0.3) is 31.5 Å². The van der Waals surface area contributed by atoms with Gasteiger partial charge in [0.2, 0.25) is 5.91 Å². The molecule has 2 aliphatic carbocycles. The maximum atomic E-state index is 13.3. The first-order chi connectivity index (χ1) is 30.3. The molecule has 316 valence electrons. The van der Waals surface area contributed by atoms with Gasteiger partial charge in [-0.15, -0.1) is 22.7 Å². The minimum atomic E-state index is -0.730. The van der Waals surface area contributed by atoms with Crippen LogP contribution >= 0.6 is 22.7 Å². The third-order valence-electron chi connectivity index (χ3n) is 12.5. The standard InChI is InChI=1S/C24H24N6O3S.C19H17N5O3S/c1-32-19-10-30-14(4-5-27-30)8-18(19)28-22-21-17-3-2-13(6-20(17)34-23(21)26-12-25-22)24(31)29-9-16-7-15(29)11-33-16;1-27-14-8-24-11(4-5-22-24)7-13(14)23-17-16-12-3-2-10(19(25)26)6-15(12)28-18(16)21-9-20-17/h4-5,8,10,12-13,15-16H,2-3,6-7,9,11H2,1H3,(H,25,26,28);4-5,7-10H,2-3,6H2,1H3,(H,25,26)(H,20,21,23)/t13-,15+,16+;10-/m00/s1. The Labute approximate surface area is 361 Å². The molecule has 0 radical (unpaired) electrons.